The minimum atomic E-state index is -0.586. The van der Waals surface area contributed by atoms with Crippen LogP contribution in [0, 0.1) is 11.3 Å². The maximum Gasteiger partial charge on any atom is 0.154 e. The Bertz CT molecular complexity index is 405. The summed E-state index contributed by atoms with van der Waals surface area (Å²) >= 11 is 0. The summed E-state index contributed by atoms with van der Waals surface area (Å²) in [6.07, 6.45) is 7.50. The van der Waals surface area contributed by atoms with Crippen LogP contribution in [0.3, 0.4) is 0 Å². The molecule has 0 bridgehead atoms. The van der Waals surface area contributed by atoms with Crippen molar-refractivity contribution in [1.82, 2.24) is 0 Å². The molecule has 0 aliphatic heterocycles. The molecule has 19 heavy (non-hydrogen) atoms. The topological polar surface area (TPSA) is 40.9 Å². The highest BCUT2D eigenvalue weighted by Crippen LogP contribution is 2.19. The summed E-state index contributed by atoms with van der Waals surface area (Å²) in [6.45, 7) is 2.20. The van der Waals surface area contributed by atoms with Crippen molar-refractivity contribution in [2.24, 2.45) is 0 Å². The monoisotopic (exact) mass is 257 g/mol. The zero-order chi connectivity index (χ0) is 13.9. The molecule has 0 aliphatic rings. The predicted octanol–water partition coefficient (Wildman–Crippen LogP) is 4.61. The molecule has 0 saturated heterocycles. The molecule has 0 aromatic heterocycles. The standard InChI is InChI=1S/C17H23NO/c1-2-3-4-5-6-10-13-17(19)16(14-18)15-11-8-7-9-12-15/h7-9,11-12,16H,2-6,10,13H2,1H3. The lowest BCUT2D eigenvalue weighted by Gasteiger charge is -2.08. The van der Waals surface area contributed by atoms with E-state index in [9.17, 15) is 4.79 Å². The molecule has 0 spiro atoms. The van der Waals surface area contributed by atoms with Crippen LogP contribution < -0.4 is 0 Å². The molecule has 1 atom stereocenters. The number of nitriles is 1. The Hall–Kier alpha value is -1.62. The van der Waals surface area contributed by atoms with Crippen molar-refractivity contribution in [1.29, 1.82) is 5.26 Å². The number of carbonyl (C=O) groups excluding carboxylic acids is 1. The van der Waals surface area contributed by atoms with Gasteiger partial charge in [0.05, 0.1) is 6.07 Å². The third-order valence-corrected chi connectivity index (χ3v) is 3.36. The number of hydrogen-bond acceptors (Lipinski definition) is 2. The van der Waals surface area contributed by atoms with Gasteiger partial charge in [-0.15, -0.1) is 0 Å². The average molecular weight is 257 g/mol. The first-order valence-corrected chi connectivity index (χ1v) is 7.27. The first-order valence-electron chi connectivity index (χ1n) is 7.27. The highest BCUT2D eigenvalue weighted by molar-refractivity contribution is 5.88. The van der Waals surface area contributed by atoms with Gasteiger partial charge in [0.15, 0.2) is 5.78 Å². The van der Waals surface area contributed by atoms with Gasteiger partial charge in [0, 0.05) is 6.42 Å². The molecule has 1 rings (SSSR count). The van der Waals surface area contributed by atoms with Gasteiger partial charge in [-0.2, -0.15) is 5.26 Å². The summed E-state index contributed by atoms with van der Waals surface area (Å²) in [4.78, 5) is 12.0. The lowest BCUT2D eigenvalue weighted by atomic mass is 9.93. The molecule has 0 heterocycles. The second-order valence-electron chi connectivity index (χ2n) is 4.96. The van der Waals surface area contributed by atoms with E-state index in [0.717, 1.165) is 18.4 Å². The third kappa shape index (κ3) is 5.70. The molecule has 0 saturated carbocycles. The van der Waals surface area contributed by atoms with Gasteiger partial charge in [-0.05, 0) is 12.0 Å². The van der Waals surface area contributed by atoms with E-state index < -0.39 is 5.92 Å². The van der Waals surface area contributed by atoms with Gasteiger partial charge in [0.2, 0.25) is 0 Å². The van der Waals surface area contributed by atoms with E-state index in [1.54, 1.807) is 0 Å². The average Bonchev–Trinajstić information content (AvgIpc) is 2.45. The lowest BCUT2D eigenvalue weighted by molar-refractivity contribution is -0.119. The number of carbonyl (C=O) groups is 1. The lowest BCUT2D eigenvalue weighted by Crippen LogP contribution is -2.10. The van der Waals surface area contributed by atoms with Crippen LogP contribution in [-0.2, 0) is 4.79 Å². The smallest absolute Gasteiger partial charge is 0.154 e. The Morgan fingerprint density at radius 3 is 2.37 bits per heavy atom. The molecule has 2 heteroatoms. The van der Waals surface area contributed by atoms with Crippen molar-refractivity contribution in [2.75, 3.05) is 0 Å². The SMILES string of the molecule is CCCCCCCCC(=O)C(C#N)c1ccccc1. The van der Waals surface area contributed by atoms with Gasteiger partial charge in [-0.25, -0.2) is 0 Å². The van der Waals surface area contributed by atoms with E-state index >= 15 is 0 Å². The summed E-state index contributed by atoms with van der Waals surface area (Å²) in [7, 11) is 0. The molecular weight excluding hydrogens is 234 g/mol. The van der Waals surface area contributed by atoms with Crippen molar-refractivity contribution in [3.05, 3.63) is 35.9 Å². The quantitative estimate of drug-likeness (QED) is 0.606. The van der Waals surface area contributed by atoms with Crippen molar-refractivity contribution >= 4 is 5.78 Å². The van der Waals surface area contributed by atoms with Gasteiger partial charge in [0.25, 0.3) is 0 Å². The molecule has 0 N–H and O–H groups in total. The maximum atomic E-state index is 12.0. The number of nitrogens with zero attached hydrogens (tertiary/aromatic N) is 1. The van der Waals surface area contributed by atoms with Crippen LogP contribution in [0.2, 0.25) is 0 Å². The van der Waals surface area contributed by atoms with Crippen LogP contribution in [-0.4, -0.2) is 5.78 Å². The Balaban J connectivity index is 2.34. The second kappa shape index (κ2) is 9.33. The van der Waals surface area contributed by atoms with Crippen molar-refractivity contribution in [3.63, 3.8) is 0 Å². The zero-order valence-corrected chi connectivity index (χ0v) is 11.8. The Morgan fingerprint density at radius 2 is 1.74 bits per heavy atom. The van der Waals surface area contributed by atoms with E-state index in [4.69, 9.17) is 5.26 Å². The summed E-state index contributed by atoms with van der Waals surface area (Å²) in [5.74, 6) is -0.527. The Kier molecular flexibility index (Phi) is 7.58. The summed E-state index contributed by atoms with van der Waals surface area (Å²) in [6, 6.07) is 11.5. The highest BCUT2D eigenvalue weighted by Gasteiger charge is 2.18. The number of hydrogen-bond donors (Lipinski definition) is 0. The number of rotatable bonds is 9. The van der Waals surface area contributed by atoms with Crippen LogP contribution in [0.4, 0.5) is 0 Å². The van der Waals surface area contributed by atoms with Crippen molar-refractivity contribution < 1.29 is 4.79 Å². The molecule has 1 aromatic carbocycles. The molecule has 0 aliphatic carbocycles. The number of benzene rings is 1. The molecule has 102 valence electrons. The van der Waals surface area contributed by atoms with Gasteiger partial charge < -0.3 is 0 Å². The van der Waals surface area contributed by atoms with Crippen molar-refractivity contribution in [3.8, 4) is 6.07 Å². The van der Waals surface area contributed by atoms with Crippen LogP contribution in [0.25, 0.3) is 0 Å². The number of unbranched alkanes of at least 4 members (excludes halogenated alkanes) is 5. The minimum Gasteiger partial charge on any atom is -0.298 e. The summed E-state index contributed by atoms with van der Waals surface area (Å²) in [5, 5.41) is 9.15. The minimum absolute atomic E-state index is 0.0594. The second-order valence-corrected chi connectivity index (χ2v) is 4.96. The fourth-order valence-electron chi connectivity index (χ4n) is 2.20. The van der Waals surface area contributed by atoms with Gasteiger partial charge in [0.1, 0.15) is 5.92 Å². The molecule has 0 radical (unpaired) electrons. The number of ketones is 1. The molecule has 2 nitrogen and oxygen atoms in total. The van der Waals surface area contributed by atoms with Crippen LogP contribution in [0.1, 0.15) is 63.4 Å². The van der Waals surface area contributed by atoms with Crippen LogP contribution >= 0.6 is 0 Å². The predicted molar refractivity (Wildman–Crippen MR) is 77.8 cm³/mol. The van der Waals surface area contributed by atoms with Gasteiger partial charge in [-0.1, -0.05) is 69.4 Å². The molecule has 0 amide bonds. The first kappa shape index (κ1) is 15.4. The largest absolute Gasteiger partial charge is 0.298 e. The van der Waals surface area contributed by atoms with E-state index in [-0.39, 0.29) is 5.78 Å². The first-order chi connectivity index (χ1) is 9.29. The van der Waals surface area contributed by atoms with Crippen molar-refractivity contribution in [2.45, 2.75) is 57.8 Å². The van der Waals surface area contributed by atoms with Gasteiger partial charge >= 0.3 is 0 Å². The van der Waals surface area contributed by atoms with E-state index in [2.05, 4.69) is 13.0 Å². The summed E-state index contributed by atoms with van der Waals surface area (Å²) in [5.41, 5.74) is 0.820. The van der Waals surface area contributed by atoms with Crippen LogP contribution in [0.5, 0.6) is 0 Å². The molecule has 0 fully saturated rings. The fourth-order valence-corrected chi connectivity index (χ4v) is 2.20. The maximum absolute atomic E-state index is 12.0. The highest BCUT2D eigenvalue weighted by atomic mass is 16.1. The van der Waals surface area contributed by atoms with E-state index in [1.807, 2.05) is 30.3 Å². The Labute approximate surface area is 116 Å². The zero-order valence-electron chi connectivity index (χ0n) is 11.8. The van der Waals surface area contributed by atoms with E-state index in [1.165, 1.54) is 25.7 Å². The molecule has 1 aromatic rings. The fraction of sp³-hybridized carbons (Fsp3) is 0.529. The van der Waals surface area contributed by atoms with Crippen LogP contribution in [0.15, 0.2) is 30.3 Å². The Morgan fingerprint density at radius 1 is 1.11 bits per heavy atom. The normalized spacial score (nSPS) is 11.8. The van der Waals surface area contributed by atoms with E-state index in [0.29, 0.717) is 6.42 Å². The molecular formula is C17H23NO. The third-order valence-electron chi connectivity index (χ3n) is 3.36. The van der Waals surface area contributed by atoms with Gasteiger partial charge in [-0.3, -0.25) is 4.79 Å². The number of Topliss-reactive ketones (excluding diaryl/α,β-unsaturated/α-hetero) is 1. The summed E-state index contributed by atoms with van der Waals surface area (Å²) < 4.78 is 0. The molecule has 1 unspecified atom stereocenters.